The second kappa shape index (κ2) is 8.53. The number of amides is 1. The highest BCUT2D eigenvalue weighted by Crippen LogP contribution is 2.29. The molecule has 0 saturated heterocycles. The zero-order chi connectivity index (χ0) is 22.0. The molecule has 156 valence electrons. The first-order valence-corrected chi connectivity index (χ1v) is 9.73. The van der Waals surface area contributed by atoms with Crippen LogP contribution in [0.2, 0.25) is 5.02 Å². The molecule has 0 aliphatic carbocycles. The van der Waals surface area contributed by atoms with Crippen molar-refractivity contribution >= 4 is 34.2 Å². The van der Waals surface area contributed by atoms with E-state index in [4.69, 9.17) is 25.5 Å². The van der Waals surface area contributed by atoms with Gasteiger partial charge in [0.05, 0.1) is 24.6 Å². The molecule has 3 aromatic carbocycles. The molecule has 1 aromatic heterocycles. The summed E-state index contributed by atoms with van der Waals surface area (Å²) in [5.74, 6) is 1.00. The van der Waals surface area contributed by atoms with Crippen molar-refractivity contribution < 1.29 is 18.7 Å². The topological polar surface area (TPSA) is 77.8 Å². The van der Waals surface area contributed by atoms with E-state index < -0.39 is 0 Å². The van der Waals surface area contributed by atoms with Crippen LogP contribution in [0.15, 0.2) is 75.9 Å². The number of methoxy groups -OCH3 is 2. The predicted octanol–water partition coefficient (Wildman–Crippen LogP) is 5.38. The highest BCUT2D eigenvalue weighted by Gasteiger charge is 2.13. The van der Waals surface area contributed by atoms with Crippen LogP contribution in [-0.2, 0) is 0 Å². The lowest BCUT2D eigenvalue weighted by Gasteiger charge is -2.10. The van der Waals surface area contributed by atoms with Crippen LogP contribution in [0, 0.1) is 0 Å². The first kappa shape index (κ1) is 20.5. The molecule has 4 aromatic rings. The van der Waals surface area contributed by atoms with Crippen LogP contribution >= 0.6 is 11.6 Å². The molecule has 0 fully saturated rings. The van der Waals surface area contributed by atoms with Crippen LogP contribution in [-0.4, -0.2) is 20.1 Å². The SMILES string of the molecule is COc1cc(OC)cc(C(=O)Nc2ccc3oc(-c4ccccc4Cl)cc(=O)c3c2)c1. The maximum absolute atomic E-state index is 12.7. The molecule has 0 spiro atoms. The fourth-order valence-electron chi connectivity index (χ4n) is 3.17. The summed E-state index contributed by atoms with van der Waals surface area (Å²) in [5.41, 5.74) is 1.60. The Kier molecular flexibility index (Phi) is 5.64. The molecular weight excluding hydrogens is 418 g/mol. The third kappa shape index (κ3) is 4.25. The summed E-state index contributed by atoms with van der Waals surface area (Å²) in [7, 11) is 3.02. The summed E-state index contributed by atoms with van der Waals surface area (Å²) in [5, 5.41) is 3.62. The monoisotopic (exact) mass is 435 g/mol. The van der Waals surface area contributed by atoms with Gasteiger partial charge in [-0.05, 0) is 42.5 Å². The molecule has 31 heavy (non-hydrogen) atoms. The maximum Gasteiger partial charge on any atom is 0.255 e. The van der Waals surface area contributed by atoms with Crippen molar-refractivity contribution in [3.63, 3.8) is 0 Å². The van der Waals surface area contributed by atoms with Crippen LogP contribution in [0.4, 0.5) is 5.69 Å². The average molecular weight is 436 g/mol. The van der Waals surface area contributed by atoms with E-state index in [0.29, 0.717) is 50.1 Å². The van der Waals surface area contributed by atoms with Crippen molar-refractivity contribution in [1.29, 1.82) is 0 Å². The molecule has 1 amide bonds. The van der Waals surface area contributed by atoms with Crippen LogP contribution in [0.5, 0.6) is 11.5 Å². The predicted molar refractivity (Wildman–Crippen MR) is 120 cm³/mol. The number of carbonyl (C=O) groups is 1. The fraction of sp³-hybridized carbons (Fsp3) is 0.0833. The Morgan fingerprint density at radius 1 is 0.935 bits per heavy atom. The molecule has 0 aliphatic rings. The van der Waals surface area contributed by atoms with Gasteiger partial charge < -0.3 is 19.2 Å². The number of carbonyl (C=O) groups excluding carboxylic acids is 1. The van der Waals surface area contributed by atoms with E-state index in [-0.39, 0.29) is 11.3 Å². The van der Waals surface area contributed by atoms with Gasteiger partial charge in [0.1, 0.15) is 22.8 Å². The number of benzene rings is 3. The number of rotatable bonds is 5. The Hall–Kier alpha value is -3.77. The summed E-state index contributed by atoms with van der Waals surface area (Å²) >= 11 is 6.22. The Morgan fingerprint density at radius 3 is 2.32 bits per heavy atom. The van der Waals surface area contributed by atoms with Crippen molar-refractivity contribution in [3.05, 3.63) is 87.5 Å². The van der Waals surface area contributed by atoms with Gasteiger partial charge in [-0.25, -0.2) is 0 Å². The molecule has 1 N–H and O–H groups in total. The van der Waals surface area contributed by atoms with E-state index in [2.05, 4.69) is 5.32 Å². The van der Waals surface area contributed by atoms with Crippen molar-refractivity contribution in [3.8, 4) is 22.8 Å². The Bertz CT molecular complexity index is 1320. The lowest BCUT2D eigenvalue weighted by Crippen LogP contribution is -2.12. The molecule has 6 nitrogen and oxygen atoms in total. The Morgan fingerprint density at radius 2 is 1.65 bits per heavy atom. The van der Waals surface area contributed by atoms with Crippen LogP contribution in [0.1, 0.15) is 10.4 Å². The third-order valence-corrected chi connectivity index (χ3v) is 5.07. The van der Waals surface area contributed by atoms with Crippen molar-refractivity contribution in [2.75, 3.05) is 19.5 Å². The number of fused-ring (bicyclic) bond motifs is 1. The minimum atomic E-state index is -0.367. The van der Waals surface area contributed by atoms with Gasteiger partial charge in [-0.3, -0.25) is 9.59 Å². The lowest BCUT2D eigenvalue weighted by atomic mass is 10.1. The number of anilines is 1. The quantitative estimate of drug-likeness (QED) is 0.455. The van der Waals surface area contributed by atoms with Gasteiger partial charge in [0.2, 0.25) is 0 Å². The fourth-order valence-corrected chi connectivity index (χ4v) is 3.40. The van der Waals surface area contributed by atoms with Crippen molar-refractivity contribution in [2.45, 2.75) is 0 Å². The first-order valence-electron chi connectivity index (χ1n) is 9.36. The van der Waals surface area contributed by atoms with Crippen molar-refractivity contribution in [1.82, 2.24) is 0 Å². The number of hydrogen-bond acceptors (Lipinski definition) is 5. The zero-order valence-electron chi connectivity index (χ0n) is 16.8. The minimum absolute atomic E-state index is 0.240. The van der Waals surface area contributed by atoms with E-state index >= 15 is 0 Å². The number of ether oxygens (including phenoxy) is 2. The Balaban J connectivity index is 1.67. The van der Waals surface area contributed by atoms with Gasteiger partial charge in [0.25, 0.3) is 5.91 Å². The van der Waals surface area contributed by atoms with Gasteiger partial charge in [-0.15, -0.1) is 0 Å². The molecule has 0 unspecified atom stereocenters. The molecule has 0 aliphatic heterocycles. The van der Waals surface area contributed by atoms with E-state index in [1.807, 2.05) is 6.07 Å². The number of halogens is 1. The Labute approximate surface area is 183 Å². The number of hydrogen-bond donors (Lipinski definition) is 1. The summed E-state index contributed by atoms with van der Waals surface area (Å²) in [4.78, 5) is 25.4. The molecule has 0 atom stereocenters. The van der Waals surface area contributed by atoms with Crippen LogP contribution in [0.25, 0.3) is 22.3 Å². The van der Waals surface area contributed by atoms with Crippen molar-refractivity contribution in [2.24, 2.45) is 0 Å². The molecule has 7 heteroatoms. The third-order valence-electron chi connectivity index (χ3n) is 4.74. The normalized spacial score (nSPS) is 10.7. The van der Waals surface area contributed by atoms with Gasteiger partial charge in [0, 0.05) is 28.9 Å². The first-order chi connectivity index (χ1) is 15.0. The smallest absolute Gasteiger partial charge is 0.255 e. The second-order valence-corrected chi connectivity index (χ2v) is 7.13. The van der Waals surface area contributed by atoms with Gasteiger partial charge in [-0.1, -0.05) is 23.7 Å². The lowest BCUT2D eigenvalue weighted by molar-refractivity contribution is 0.102. The van der Waals surface area contributed by atoms with E-state index in [1.165, 1.54) is 20.3 Å². The van der Waals surface area contributed by atoms with E-state index in [0.717, 1.165) is 0 Å². The standard InChI is InChI=1S/C24H18ClNO5/c1-29-16-9-14(10-17(12-16)30-2)24(28)26-15-7-8-22-19(11-15)21(27)13-23(31-22)18-5-3-4-6-20(18)25/h3-13H,1-2H3,(H,26,28). The van der Waals surface area contributed by atoms with E-state index in [1.54, 1.807) is 54.6 Å². The summed E-state index contributed by atoms with van der Waals surface area (Å²) in [6, 6.07) is 18.3. The van der Waals surface area contributed by atoms with Gasteiger partial charge in [-0.2, -0.15) is 0 Å². The molecule has 0 bridgehead atoms. The zero-order valence-corrected chi connectivity index (χ0v) is 17.5. The highest BCUT2D eigenvalue weighted by atomic mass is 35.5. The molecule has 0 saturated carbocycles. The largest absolute Gasteiger partial charge is 0.497 e. The summed E-state index contributed by atoms with van der Waals surface area (Å²) in [6.45, 7) is 0. The molecule has 0 radical (unpaired) electrons. The molecular formula is C24H18ClNO5. The van der Waals surface area contributed by atoms with Crippen LogP contribution < -0.4 is 20.2 Å². The average Bonchev–Trinajstić information content (AvgIpc) is 2.79. The van der Waals surface area contributed by atoms with Gasteiger partial charge in [0.15, 0.2) is 5.43 Å². The van der Waals surface area contributed by atoms with E-state index in [9.17, 15) is 9.59 Å². The summed E-state index contributed by atoms with van der Waals surface area (Å²) < 4.78 is 16.3. The maximum atomic E-state index is 12.7. The molecule has 4 rings (SSSR count). The highest BCUT2D eigenvalue weighted by molar-refractivity contribution is 6.33. The minimum Gasteiger partial charge on any atom is -0.497 e. The van der Waals surface area contributed by atoms with Crippen LogP contribution in [0.3, 0.4) is 0 Å². The van der Waals surface area contributed by atoms with Gasteiger partial charge >= 0.3 is 0 Å². The second-order valence-electron chi connectivity index (χ2n) is 6.72. The number of nitrogens with one attached hydrogen (secondary N) is 1. The molecule has 1 heterocycles. The summed E-state index contributed by atoms with van der Waals surface area (Å²) in [6.07, 6.45) is 0.